The fourth-order valence-electron chi connectivity index (χ4n) is 4.38. The Kier molecular flexibility index (Phi) is 6.79. The third-order valence-corrected chi connectivity index (χ3v) is 6.39. The molecule has 0 amide bonds. The van der Waals surface area contributed by atoms with Gasteiger partial charge in [-0.1, -0.05) is 42.5 Å². The van der Waals surface area contributed by atoms with Crippen LogP contribution in [0.2, 0.25) is 0 Å². The van der Waals surface area contributed by atoms with Gasteiger partial charge in [-0.2, -0.15) is 5.10 Å². The molecule has 1 aromatic carbocycles. The predicted molar refractivity (Wildman–Crippen MR) is 141 cm³/mol. The van der Waals surface area contributed by atoms with Crippen LogP contribution in [-0.2, 0) is 20.1 Å². The zero-order valence-electron chi connectivity index (χ0n) is 19.9. The number of hydrogen-bond acceptors (Lipinski definition) is 6. The van der Waals surface area contributed by atoms with Crippen LogP contribution < -0.4 is 15.7 Å². The number of rotatable bonds is 7. The van der Waals surface area contributed by atoms with Gasteiger partial charge in [-0.25, -0.2) is 4.67 Å². The Morgan fingerprint density at radius 2 is 2.06 bits per heavy atom. The minimum Gasteiger partial charge on any atom is -0.372 e. The number of aliphatic hydroxyl groups is 1. The van der Waals surface area contributed by atoms with Gasteiger partial charge in [-0.15, -0.1) is 0 Å². The van der Waals surface area contributed by atoms with Crippen molar-refractivity contribution in [1.29, 1.82) is 0 Å². The van der Waals surface area contributed by atoms with Gasteiger partial charge in [0.15, 0.2) is 11.9 Å². The highest BCUT2D eigenvalue weighted by molar-refractivity contribution is 6.49. The van der Waals surface area contributed by atoms with Crippen LogP contribution in [0.3, 0.4) is 0 Å². The van der Waals surface area contributed by atoms with Crippen molar-refractivity contribution in [2.75, 3.05) is 6.54 Å². The monoisotopic (exact) mass is 468 g/mol. The first-order valence-corrected chi connectivity index (χ1v) is 12.0. The lowest BCUT2D eigenvalue weighted by atomic mass is 9.89. The largest absolute Gasteiger partial charge is 0.393 e. The van der Waals surface area contributed by atoms with Crippen molar-refractivity contribution in [1.82, 2.24) is 19.8 Å². The van der Waals surface area contributed by atoms with E-state index >= 15 is 0 Å². The Morgan fingerprint density at radius 3 is 2.77 bits per heavy atom. The molecule has 0 saturated carbocycles. The Morgan fingerprint density at radius 1 is 1.20 bits per heavy atom. The SMILES string of the molecule is Cn1nccc1CNC(O)C1=NCCC2=[N+]=C1C=C(C1=CC=CCC1)C(c1ccc(CN)cc1)=N2. The quantitative estimate of drug-likeness (QED) is 0.424. The molecule has 1 aliphatic carbocycles. The zero-order valence-corrected chi connectivity index (χ0v) is 19.9. The average Bonchev–Trinajstić information content (AvgIpc) is 3.09. The molecule has 1 aromatic heterocycles. The van der Waals surface area contributed by atoms with Crippen LogP contribution >= 0.6 is 0 Å². The van der Waals surface area contributed by atoms with E-state index in [9.17, 15) is 5.11 Å². The van der Waals surface area contributed by atoms with Gasteiger partial charge in [0, 0.05) is 43.5 Å². The lowest BCUT2D eigenvalue weighted by Gasteiger charge is -2.15. The van der Waals surface area contributed by atoms with Crippen LogP contribution in [0, 0.1) is 0 Å². The number of aryl methyl sites for hydroxylation is 1. The number of aliphatic hydroxyl groups excluding tert-OH is 1. The maximum atomic E-state index is 11.1. The van der Waals surface area contributed by atoms with Gasteiger partial charge < -0.3 is 10.8 Å². The van der Waals surface area contributed by atoms with Crippen molar-refractivity contribution >= 4 is 23.0 Å². The fourth-order valence-corrected chi connectivity index (χ4v) is 4.38. The molecular weight excluding hydrogens is 438 g/mol. The van der Waals surface area contributed by atoms with E-state index in [1.807, 2.05) is 31.3 Å². The number of nitrogens with one attached hydrogen (secondary N) is 1. The van der Waals surface area contributed by atoms with E-state index in [2.05, 4.69) is 40.8 Å². The number of nitrogens with two attached hydrogens (primary N) is 1. The van der Waals surface area contributed by atoms with Gasteiger partial charge in [-0.05, 0) is 35.0 Å². The zero-order chi connectivity index (χ0) is 24.2. The second-order valence-corrected chi connectivity index (χ2v) is 8.74. The van der Waals surface area contributed by atoms with Crippen LogP contribution in [0.1, 0.15) is 36.1 Å². The summed E-state index contributed by atoms with van der Waals surface area (Å²) in [5.74, 6) is 0.716. The molecule has 8 nitrogen and oxygen atoms in total. The summed E-state index contributed by atoms with van der Waals surface area (Å²) in [4.78, 5) is 9.72. The predicted octanol–water partition coefficient (Wildman–Crippen LogP) is 1.74. The van der Waals surface area contributed by atoms with Crippen LogP contribution in [-0.4, -0.2) is 50.6 Å². The first kappa shape index (κ1) is 23.1. The highest BCUT2D eigenvalue weighted by Gasteiger charge is 2.32. The minimum absolute atomic E-state index is 0.461. The number of nitrogens with zero attached hydrogens (tertiary/aromatic N) is 5. The third kappa shape index (κ3) is 5.06. The molecule has 2 aromatic rings. The summed E-state index contributed by atoms with van der Waals surface area (Å²) in [6, 6.07) is 10.1. The van der Waals surface area contributed by atoms with Crippen molar-refractivity contribution in [2.24, 2.45) is 22.8 Å². The summed E-state index contributed by atoms with van der Waals surface area (Å²) >= 11 is 0. The summed E-state index contributed by atoms with van der Waals surface area (Å²) < 4.78 is 6.63. The molecular formula is C27H30N7O+. The van der Waals surface area contributed by atoms with Gasteiger partial charge in [0.1, 0.15) is 5.71 Å². The molecule has 3 heterocycles. The fraction of sp³-hybridized carbons (Fsp3) is 0.296. The van der Waals surface area contributed by atoms with E-state index in [0.29, 0.717) is 43.3 Å². The molecule has 4 N–H and O–H groups in total. The van der Waals surface area contributed by atoms with Crippen molar-refractivity contribution in [2.45, 2.75) is 38.6 Å². The maximum absolute atomic E-state index is 11.1. The molecule has 1 atom stereocenters. The summed E-state index contributed by atoms with van der Waals surface area (Å²) in [6.45, 7) is 1.47. The maximum Gasteiger partial charge on any atom is 0.393 e. The van der Waals surface area contributed by atoms with Gasteiger partial charge in [-0.3, -0.25) is 15.0 Å². The molecule has 178 valence electrons. The van der Waals surface area contributed by atoms with Crippen LogP contribution in [0.5, 0.6) is 0 Å². The second-order valence-electron chi connectivity index (χ2n) is 8.74. The Balaban J connectivity index is 1.51. The molecule has 0 saturated heterocycles. The first-order chi connectivity index (χ1) is 17.1. The Bertz CT molecular complexity index is 1330. The van der Waals surface area contributed by atoms with Crippen molar-refractivity contribution in [3.8, 4) is 0 Å². The topological polar surface area (TPSA) is 115 Å². The summed E-state index contributed by atoms with van der Waals surface area (Å²) in [5, 5.41) is 18.4. The highest BCUT2D eigenvalue weighted by Crippen LogP contribution is 2.26. The van der Waals surface area contributed by atoms with Crippen LogP contribution in [0.15, 0.2) is 82.0 Å². The molecule has 5 rings (SSSR count). The second kappa shape index (κ2) is 10.3. The van der Waals surface area contributed by atoms with E-state index < -0.39 is 6.23 Å². The molecule has 1 unspecified atom stereocenters. The van der Waals surface area contributed by atoms with Crippen LogP contribution in [0.4, 0.5) is 0 Å². The smallest absolute Gasteiger partial charge is 0.372 e. The lowest BCUT2D eigenvalue weighted by Crippen LogP contribution is -2.41. The summed E-state index contributed by atoms with van der Waals surface area (Å²) in [6.07, 6.45) is 11.7. The normalized spacial score (nSPS) is 18.4. The number of aromatic nitrogens is 2. The van der Waals surface area contributed by atoms with Crippen molar-refractivity contribution < 1.29 is 5.11 Å². The Labute approximate surface area is 204 Å². The Hall–Kier alpha value is -3.68. The summed E-state index contributed by atoms with van der Waals surface area (Å²) in [7, 11) is 1.88. The molecule has 0 fully saturated rings. The van der Waals surface area contributed by atoms with Gasteiger partial charge >= 0.3 is 5.84 Å². The van der Waals surface area contributed by atoms with E-state index in [1.165, 1.54) is 5.57 Å². The lowest BCUT2D eigenvalue weighted by molar-refractivity contribution is 0.201. The minimum atomic E-state index is -0.967. The number of benzene rings is 1. The van der Waals surface area contributed by atoms with E-state index in [0.717, 1.165) is 40.9 Å². The molecule has 35 heavy (non-hydrogen) atoms. The summed E-state index contributed by atoms with van der Waals surface area (Å²) in [5.41, 5.74) is 13.1. The van der Waals surface area contributed by atoms with Crippen molar-refractivity contribution in [3.05, 3.63) is 88.8 Å². The first-order valence-electron chi connectivity index (χ1n) is 12.0. The molecule has 3 aliphatic rings. The number of amidine groups is 1. The molecule has 8 heteroatoms. The standard InChI is InChI=1S/C27H30N7O/c1-34-21(11-14-31-34)17-30-27(35)26-23-15-22(19-5-3-2-4-6-19)25(33-24(32-23)12-13-29-26)20-9-7-18(16-28)8-10-20/h2-3,5,7-11,14-15,27,30,35H,4,6,12-13,16-17,28H2,1H3/q+1. The number of aliphatic imine (C=N–C) groups is 2. The van der Waals surface area contributed by atoms with Gasteiger partial charge in [0.05, 0.1) is 18.7 Å². The number of allylic oxidation sites excluding steroid dienone is 6. The molecule has 0 radical (unpaired) electrons. The molecule has 2 bridgehead atoms. The highest BCUT2D eigenvalue weighted by atomic mass is 16.3. The van der Waals surface area contributed by atoms with Gasteiger partial charge in [0.2, 0.25) is 0 Å². The van der Waals surface area contributed by atoms with Gasteiger partial charge in [0.25, 0.3) is 5.71 Å². The van der Waals surface area contributed by atoms with Crippen LogP contribution in [0.25, 0.3) is 0 Å². The van der Waals surface area contributed by atoms with E-state index in [-0.39, 0.29) is 0 Å². The molecule has 2 aliphatic heterocycles. The van der Waals surface area contributed by atoms with Crippen molar-refractivity contribution in [3.63, 3.8) is 0 Å². The molecule has 0 spiro atoms. The third-order valence-electron chi connectivity index (χ3n) is 6.39. The average molecular weight is 469 g/mol. The number of hydrogen-bond donors (Lipinski definition) is 3. The van der Waals surface area contributed by atoms with E-state index in [1.54, 1.807) is 10.9 Å². The van der Waals surface area contributed by atoms with E-state index in [4.69, 9.17) is 20.4 Å².